The number of hydrogen-bond acceptors (Lipinski definition) is 6. The van der Waals surface area contributed by atoms with Gasteiger partial charge in [-0.25, -0.2) is 19.2 Å². The number of phenolic OH excluding ortho intramolecular Hbond substituents is 1. The Morgan fingerprint density at radius 2 is 2.12 bits per heavy atom. The smallest absolute Gasteiger partial charge is 0.407 e. The molecule has 1 atom stereocenters. The molecule has 34 heavy (non-hydrogen) atoms. The van der Waals surface area contributed by atoms with E-state index < -0.39 is 11.9 Å². The van der Waals surface area contributed by atoms with Crippen molar-refractivity contribution in [2.24, 2.45) is 11.8 Å². The van der Waals surface area contributed by atoms with Crippen molar-refractivity contribution < 1.29 is 19.0 Å². The Labute approximate surface area is 199 Å². The predicted molar refractivity (Wildman–Crippen MR) is 130 cm³/mol. The molecule has 0 aliphatic carbocycles. The number of phenols is 1. The van der Waals surface area contributed by atoms with E-state index in [0.717, 1.165) is 30.3 Å². The maximum Gasteiger partial charge on any atom is 0.407 e. The summed E-state index contributed by atoms with van der Waals surface area (Å²) < 4.78 is 19.9. The summed E-state index contributed by atoms with van der Waals surface area (Å²) in [5.41, 5.74) is 1.72. The van der Waals surface area contributed by atoms with E-state index in [1.807, 2.05) is 39.0 Å². The molecule has 3 aromatic rings. The molecule has 1 aromatic heterocycles. The average molecular weight is 467 g/mol. The summed E-state index contributed by atoms with van der Waals surface area (Å²) in [5.74, 6) is 0.600. The normalized spacial score (nSPS) is 16.1. The van der Waals surface area contributed by atoms with Gasteiger partial charge in [-0.2, -0.15) is 0 Å². The van der Waals surface area contributed by atoms with Gasteiger partial charge in [-0.05, 0) is 61.4 Å². The first kappa shape index (κ1) is 23.7. The van der Waals surface area contributed by atoms with Crippen LogP contribution in [0.25, 0.3) is 22.3 Å². The number of nitrogens with one attached hydrogen (secondary N) is 1. The summed E-state index contributed by atoms with van der Waals surface area (Å²) >= 11 is 0. The van der Waals surface area contributed by atoms with E-state index >= 15 is 0 Å². The van der Waals surface area contributed by atoms with Crippen LogP contribution in [0.5, 0.6) is 5.75 Å². The lowest BCUT2D eigenvalue weighted by molar-refractivity contribution is 0.131. The second kappa shape index (κ2) is 10.2. The number of halogens is 1. The van der Waals surface area contributed by atoms with Crippen LogP contribution in [0.3, 0.4) is 0 Å². The predicted octanol–water partition coefficient (Wildman–Crippen LogP) is 5.05. The number of aromatic nitrogens is 2. The van der Waals surface area contributed by atoms with Gasteiger partial charge in [0.1, 0.15) is 17.4 Å². The first-order chi connectivity index (χ1) is 16.3. The number of carbonyl (C=O) groups excluding carboxylic acids is 1. The van der Waals surface area contributed by atoms with E-state index in [0.29, 0.717) is 31.0 Å². The van der Waals surface area contributed by atoms with Crippen LogP contribution in [0.15, 0.2) is 36.4 Å². The number of ether oxygens (including phenoxy) is 1. The van der Waals surface area contributed by atoms with Gasteiger partial charge in [0.25, 0.3) is 0 Å². The van der Waals surface area contributed by atoms with Crippen LogP contribution >= 0.6 is 0 Å². The van der Waals surface area contributed by atoms with Gasteiger partial charge in [-0.15, -0.1) is 0 Å². The first-order valence-electron chi connectivity index (χ1n) is 11.7. The number of aromatic hydroxyl groups is 1. The lowest BCUT2D eigenvalue weighted by Crippen LogP contribution is -2.41. The minimum Gasteiger partial charge on any atom is -0.507 e. The van der Waals surface area contributed by atoms with Crippen LogP contribution in [0.4, 0.5) is 15.0 Å². The van der Waals surface area contributed by atoms with Gasteiger partial charge in [0.2, 0.25) is 0 Å². The molecule has 1 fully saturated rings. The summed E-state index contributed by atoms with van der Waals surface area (Å²) in [7, 11) is 0. The molecule has 1 saturated heterocycles. The molecular weight excluding hydrogens is 435 g/mol. The van der Waals surface area contributed by atoms with Crippen LogP contribution in [0.2, 0.25) is 0 Å². The Hall–Kier alpha value is -3.42. The summed E-state index contributed by atoms with van der Waals surface area (Å²) in [6.07, 6.45) is 1.51. The summed E-state index contributed by atoms with van der Waals surface area (Å²) in [5, 5.41) is 14.1. The Bertz CT molecular complexity index is 1160. The number of fused-ring (bicyclic) bond motifs is 1. The summed E-state index contributed by atoms with van der Waals surface area (Å²) in [6.45, 7) is 8.34. The van der Waals surface area contributed by atoms with Crippen molar-refractivity contribution in [2.75, 3.05) is 31.1 Å². The van der Waals surface area contributed by atoms with Crippen molar-refractivity contribution in [3.05, 3.63) is 47.8 Å². The van der Waals surface area contributed by atoms with Gasteiger partial charge >= 0.3 is 6.09 Å². The molecule has 1 unspecified atom stereocenters. The number of piperidine rings is 1. The first-order valence-corrected chi connectivity index (χ1v) is 11.7. The highest BCUT2D eigenvalue weighted by molar-refractivity contribution is 5.92. The number of alkyl carbamates (subject to hydrolysis) is 1. The molecule has 2 aromatic carbocycles. The molecule has 0 saturated carbocycles. The molecule has 180 valence electrons. The van der Waals surface area contributed by atoms with Crippen molar-refractivity contribution in [2.45, 2.75) is 33.6 Å². The third kappa shape index (κ3) is 5.38. The second-order valence-corrected chi connectivity index (χ2v) is 9.35. The standard InChI is InChI=1S/C26H31FN4O3/c1-16(2)15-34-26(33)28-13-18-6-5-11-31(14-18)25-19-10-9-17(3)12-21(19)29-24(30-25)23-20(27)7-4-8-22(23)32/h4,7-10,12,16,18,32H,5-6,11,13-15H2,1-3H3,(H,28,33). The number of hydrogen-bond donors (Lipinski definition) is 2. The lowest BCUT2D eigenvalue weighted by Gasteiger charge is -2.34. The molecule has 1 aliphatic heterocycles. The van der Waals surface area contributed by atoms with Gasteiger partial charge in [0.15, 0.2) is 5.82 Å². The Morgan fingerprint density at radius 1 is 1.29 bits per heavy atom. The van der Waals surface area contributed by atoms with Crippen molar-refractivity contribution in [1.29, 1.82) is 0 Å². The minimum atomic E-state index is -0.571. The molecule has 0 spiro atoms. The fourth-order valence-electron chi connectivity index (χ4n) is 4.25. The Kier molecular flexibility index (Phi) is 7.14. The highest BCUT2D eigenvalue weighted by Gasteiger charge is 2.25. The van der Waals surface area contributed by atoms with Gasteiger partial charge < -0.3 is 20.1 Å². The lowest BCUT2D eigenvalue weighted by atomic mass is 9.97. The molecule has 7 nitrogen and oxygen atoms in total. The van der Waals surface area contributed by atoms with Crippen molar-refractivity contribution in [3.63, 3.8) is 0 Å². The van der Waals surface area contributed by atoms with Crippen LogP contribution < -0.4 is 10.2 Å². The number of carbonyl (C=O) groups is 1. The maximum atomic E-state index is 14.6. The highest BCUT2D eigenvalue weighted by Crippen LogP contribution is 2.35. The number of amides is 1. The second-order valence-electron chi connectivity index (χ2n) is 9.35. The minimum absolute atomic E-state index is 0.00437. The van der Waals surface area contributed by atoms with Crippen molar-refractivity contribution >= 4 is 22.8 Å². The molecule has 4 rings (SSSR count). The number of rotatable bonds is 6. The average Bonchev–Trinajstić information content (AvgIpc) is 2.80. The number of aryl methyl sites for hydroxylation is 1. The fraction of sp³-hybridized carbons (Fsp3) is 0.423. The Morgan fingerprint density at radius 3 is 2.88 bits per heavy atom. The largest absolute Gasteiger partial charge is 0.507 e. The van der Waals surface area contributed by atoms with Crippen LogP contribution in [-0.4, -0.2) is 47.4 Å². The number of benzene rings is 2. The van der Waals surface area contributed by atoms with E-state index in [4.69, 9.17) is 9.72 Å². The fourth-order valence-corrected chi connectivity index (χ4v) is 4.25. The van der Waals surface area contributed by atoms with Gasteiger partial charge in [0, 0.05) is 25.0 Å². The maximum absolute atomic E-state index is 14.6. The summed E-state index contributed by atoms with van der Waals surface area (Å²) in [4.78, 5) is 23.5. The van der Waals surface area contributed by atoms with Crippen LogP contribution in [0, 0.1) is 24.6 Å². The molecule has 2 heterocycles. The Balaban J connectivity index is 1.62. The van der Waals surface area contributed by atoms with Crippen molar-refractivity contribution in [1.82, 2.24) is 15.3 Å². The van der Waals surface area contributed by atoms with Crippen LogP contribution in [0.1, 0.15) is 32.3 Å². The zero-order valence-corrected chi connectivity index (χ0v) is 19.8. The molecule has 0 bridgehead atoms. The van der Waals surface area contributed by atoms with Gasteiger partial charge in [-0.1, -0.05) is 26.0 Å². The zero-order chi connectivity index (χ0) is 24.2. The quantitative estimate of drug-likeness (QED) is 0.529. The van der Waals surface area contributed by atoms with Crippen LogP contribution in [-0.2, 0) is 4.74 Å². The number of nitrogens with zero attached hydrogens (tertiary/aromatic N) is 3. The zero-order valence-electron chi connectivity index (χ0n) is 19.8. The SMILES string of the molecule is Cc1ccc2c(N3CCCC(CNC(=O)OCC(C)C)C3)nc(-c3c(O)cccc3F)nc2c1. The topological polar surface area (TPSA) is 87.6 Å². The highest BCUT2D eigenvalue weighted by atomic mass is 19.1. The van der Waals surface area contributed by atoms with E-state index in [1.54, 1.807) is 0 Å². The third-order valence-corrected chi connectivity index (χ3v) is 5.95. The molecule has 1 aliphatic rings. The molecular formula is C26H31FN4O3. The third-order valence-electron chi connectivity index (χ3n) is 5.95. The van der Waals surface area contributed by atoms with E-state index in [1.165, 1.54) is 18.2 Å². The van der Waals surface area contributed by atoms with E-state index in [2.05, 4.69) is 15.2 Å². The van der Waals surface area contributed by atoms with Gasteiger partial charge in [0.05, 0.1) is 17.7 Å². The molecule has 2 N–H and O–H groups in total. The molecule has 8 heteroatoms. The molecule has 0 radical (unpaired) electrons. The van der Waals surface area contributed by atoms with Crippen molar-refractivity contribution in [3.8, 4) is 17.1 Å². The van der Waals surface area contributed by atoms with E-state index in [9.17, 15) is 14.3 Å². The monoisotopic (exact) mass is 466 g/mol. The van der Waals surface area contributed by atoms with E-state index in [-0.39, 0.29) is 29.0 Å². The number of anilines is 1. The van der Waals surface area contributed by atoms with Gasteiger partial charge in [-0.3, -0.25) is 0 Å². The molecule has 1 amide bonds. The summed E-state index contributed by atoms with van der Waals surface area (Å²) in [6, 6.07) is 10.1.